The summed E-state index contributed by atoms with van der Waals surface area (Å²) in [6.45, 7) is 1.69. The highest BCUT2D eigenvalue weighted by atomic mass is 19.1. The maximum Gasteiger partial charge on any atom is 0.272 e. The third-order valence-corrected chi connectivity index (χ3v) is 4.93. The second-order valence-electron chi connectivity index (χ2n) is 6.91. The Balaban J connectivity index is 1.67. The second-order valence-corrected chi connectivity index (χ2v) is 6.91. The lowest BCUT2D eigenvalue weighted by Gasteiger charge is -2.36. The van der Waals surface area contributed by atoms with E-state index < -0.39 is 17.7 Å². The fourth-order valence-corrected chi connectivity index (χ4v) is 3.34. The SMILES string of the molecule is CC1=C(c2ccc(F)cc2F)C=C2NC(C(N)c3ccc(C#N)cc3)=CC(=O)N2N1. The van der Waals surface area contributed by atoms with Crippen LogP contribution in [0.3, 0.4) is 0 Å². The van der Waals surface area contributed by atoms with Crippen molar-refractivity contribution in [2.24, 2.45) is 5.73 Å². The highest BCUT2D eigenvalue weighted by Crippen LogP contribution is 2.30. The summed E-state index contributed by atoms with van der Waals surface area (Å²) < 4.78 is 27.6. The van der Waals surface area contributed by atoms with Crippen molar-refractivity contribution in [2.45, 2.75) is 13.0 Å². The highest BCUT2D eigenvalue weighted by molar-refractivity contribution is 5.92. The molecule has 30 heavy (non-hydrogen) atoms. The molecule has 0 aliphatic carbocycles. The predicted molar refractivity (Wildman–Crippen MR) is 106 cm³/mol. The van der Waals surface area contributed by atoms with Crippen LogP contribution in [0.5, 0.6) is 0 Å². The molecular weight excluding hydrogens is 388 g/mol. The molecule has 2 aliphatic rings. The first-order valence-electron chi connectivity index (χ1n) is 9.10. The molecule has 8 heteroatoms. The van der Waals surface area contributed by atoms with Gasteiger partial charge in [0.1, 0.15) is 17.5 Å². The summed E-state index contributed by atoms with van der Waals surface area (Å²) in [6, 6.07) is 11.5. The molecule has 1 atom stereocenters. The van der Waals surface area contributed by atoms with Crippen LogP contribution in [0.25, 0.3) is 5.57 Å². The van der Waals surface area contributed by atoms with Gasteiger partial charge in [-0.2, -0.15) is 5.26 Å². The first kappa shape index (κ1) is 19.4. The van der Waals surface area contributed by atoms with E-state index in [1.165, 1.54) is 23.2 Å². The number of halogens is 2. The van der Waals surface area contributed by atoms with E-state index in [9.17, 15) is 13.6 Å². The van der Waals surface area contributed by atoms with Crippen molar-refractivity contribution in [3.8, 4) is 6.07 Å². The van der Waals surface area contributed by atoms with Crippen molar-refractivity contribution in [2.75, 3.05) is 0 Å². The van der Waals surface area contributed by atoms with Crippen molar-refractivity contribution in [3.05, 3.63) is 100 Å². The van der Waals surface area contributed by atoms with Gasteiger partial charge in [0, 0.05) is 34.7 Å². The van der Waals surface area contributed by atoms with E-state index >= 15 is 0 Å². The average Bonchev–Trinajstić information content (AvgIpc) is 2.73. The highest BCUT2D eigenvalue weighted by Gasteiger charge is 2.30. The van der Waals surface area contributed by atoms with E-state index in [1.807, 2.05) is 6.07 Å². The minimum Gasteiger partial charge on any atom is -0.342 e. The Morgan fingerprint density at radius 2 is 1.87 bits per heavy atom. The van der Waals surface area contributed by atoms with Crippen LogP contribution in [0.15, 0.2) is 71.8 Å². The second kappa shape index (κ2) is 7.46. The van der Waals surface area contributed by atoms with Gasteiger partial charge in [-0.3, -0.25) is 10.2 Å². The number of hydrazine groups is 1. The predicted octanol–water partition coefficient (Wildman–Crippen LogP) is 2.94. The Morgan fingerprint density at radius 3 is 2.53 bits per heavy atom. The molecule has 0 fully saturated rings. The van der Waals surface area contributed by atoms with Gasteiger partial charge in [-0.15, -0.1) is 0 Å². The first-order valence-corrected chi connectivity index (χ1v) is 9.10. The monoisotopic (exact) mass is 405 g/mol. The summed E-state index contributed by atoms with van der Waals surface area (Å²) in [6.07, 6.45) is 2.99. The maximum atomic E-state index is 14.3. The number of rotatable bonds is 3. The lowest BCUT2D eigenvalue weighted by Crippen LogP contribution is -2.50. The van der Waals surface area contributed by atoms with Crippen LogP contribution in [0.1, 0.15) is 29.7 Å². The Hall–Kier alpha value is -3.96. The standard InChI is InChI=1S/C22H17F2N5O/c1-12-17(16-7-6-15(23)8-18(16)24)9-20-27-19(10-21(30)29(20)28-12)22(26)14-4-2-13(11-25)3-5-14/h2-10,22,27-28H,26H2,1H3. The number of nitrogens with one attached hydrogen (secondary N) is 2. The number of allylic oxidation sites excluding steroid dienone is 3. The number of hydrogen-bond acceptors (Lipinski definition) is 5. The Labute approximate surface area is 171 Å². The normalized spacial score (nSPS) is 16.6. The molecule has 2 aromatic rings. The largest absolute Gasteiger partial charge is 0.342 e. The number of carbonyl (C=O) groups excluding carboxylic acids is 1. The molecule has 0 bridgehead atoms. The number of nitriles is 1. The molecule has 1 amide bonds. The van der Waals surface area contributed by atoms with E-state index in [0.29, 0.717) is 28.4 Å². The summed E-state index contributed by atoms with van der Waals surface area (Å²) in [4.78, 5) is 12.6. The van der Waals surface area contributed by atoms with Crippen molar-refractivity contribution >= 4 is 11.5 Å². The van der Waals surface area contributed by atoms with Crippen LogP contribution in [-0.2, 0) is 4.79 Å². The van der Waals surface area contributed by atoms with Gasteiger partial charge in [0.05, 0.1) is 17.7 Å². The average molecular weight is 405 g/mol. The number of nitrogens with zero attached hydrogens (tertiary/aromatic N) is 2. The van der Waals surface area contributed by atoms with Gasteiger partial charge >= 0.3 is 0 Å². The number of amides is 1. The third kappa shape index (κ3) is 3.43. The minimum absolute atomic E-state index is 0.204. The van der Waals surface area contributed by atoms with Crippen LogP contribution in [-0.4, -0.2) is 10.9 Å². The molecule has 0 spiro atoms. The van der Waals surface area contributed by atoms with E-state index in [4.69, 9.17) is 11.0 Å². The van der Waals surface area contributed by atoms with Crippen molar-refractivity contribution in [1.29, 1.82) is 5.26 Å². The zero-order valence-electron chi connectivity index (χ0n) is 15.9. The van der Waals surface area contributed by atoms with Gasteiger partial charge < -0.3 is 11.1 Å². The fourth-order valence-electron chi connectivity index (χ4n) is 3.34. The van der Waals surface area contributed by atoms with E-state index in [1.54, 1.807) is 37.3 Å². The van der Waals surface area contributed by atoms with Crippen LogP contribution in [0, 0.1) is 23.0 Å². The van der Waals surface area contributed by atoms with Crippen LogP contribution in [0.2, 0.25) is 0 Å². The van der Waals surface area contributed by atoms with E-state index in [0.717, 1.165) is 11.6 Å². The van der Waals surface area contributed by atoms with Gasteiger partial charge in [-0.25, -0.2) is 13.8 Å². The number of nitrogens with two attached hydrogens (primary N) is 1. The zero-order chi connectivity index (χ0) is 21.4. The molecule has 0 saturated heterocycles. The maximum absolute atomic E-state index is 14.3. The zero-order valence-corrected chi connectivity index (χ0v) is 15.9. The van der Waals surface area contributed by atoms with Gasteiger partial charge in [0.25, 0.3) is 5.91 Å². The molecule has 0 saturated carbocycles. The molecule has 6 nitrogen and oxygen atoms in total. The molecule has 1 unspecified atom stereocenters. The molecule has 4 N–H and O–H groups in total. The quantitative estimate of drug-likeness (QED) is 0.730. The van der Waals surface area contributed by atoms with E-state index in [2.05, 4.69) is 10.7 Å². The number of benzene rings is 2. The Kier molecular flexibility index (Phi) is 4.82. The molecule has 2 aliphatic heterocycles. The number of hydrogen-bond donors (Lipinski definition) is 3. The summed E-state index contributed by atoms with van der Waals surface area (Å²) in [7, 11) is 0. The van der Waals surface area contributed by atoms with Crippen LogP contribution < -0.4 is 16.5 Å². The van der Waals surface area contributed by atoms with Crippen molar-refractivity contribution in [3.63, 3.8) is 0 Å². The minimum atomic E-state index is -0.705. The summed E-state index contributed by atoms with van der Waals surface area (Å²) in [5.74, 6) is -1.36. The summed E-state index contributed by atoms with van der Waals surface area (Å²) >= 11 is 0. The number of carbonyl (C=O) groups is 1. The molecular formula is C22H17F2N5O. The lowest BCUT2D eigenvalue weighted by molar-refractivity contribution is -0.127. The molecule has 2 heterocycles. The van der Waals surface area contributed by atoms with Crippen molar-refractivity contribution < 1.29 is 13.6 Å². The summed E-state index contributed by atoms with van der Waals surface area (Å²) in [5.41, 5.74) is 12.1. The molecule has 0 radical (unpaired) electrons. The van der Waals surface area contributed by atoms with Gasteiger partial charge in [-0.1, -0.05) is 12.1 Å². The fraction of sp³-hybridized carbons (Fsp3) is 0.0909. The van der Waals surface area contributed by atoms with Gasteiger partial charge in [0.2, 0.25) is 0 Å². The van der Waals surface area contributed by atoms with Gasteiger partial charge in [-0.05, 0) is 42.8 Å². The van der Waals surface area contributed by atoms with E-state index in [-0.39, 0.29) is 11.5 Å². The smallest absolute Gasteiger partial charge is 0.272 e. The van der Waals surface area contributed by atoms with Crippen LogP contribution in [0.4, 0.5) is 8.78 Å². The van der Waals surface area contributed by atoms with Crippen molar-refractivity contribution in [1.82, 2.24) is 15.8 Å². The van der Waals surface area contributed by atoms with Gasteiger partial charge in [0.15, 0.2) is 0 Å². The first-order chi connectivity index (χ1) is 14.4. The Bertz CT molecular complexity index is 1180. The Morgan fingerprint density at radius 1 is 1.13 bits per heavy atom. The lowest BCUT2D eigenvalue weighted by atomic mass is 9.99. The molecule has 0 aromatic heterocycles. The third-order valence-electron chi connectivity index (χ3n) is 4.93. The summed E-state index contributed by atoms with van der Waals surface area (Å²) in [5, 5.41) is 13.3. The topological polar surface area (TPSA) is 94.2 Å². The van der Waals surface area contributed by atoms with Crippen LogP contribution >= 0.6 is 0 Å². The molecule has 4 rings (SSSR count). The molecule has 2 aromatic carbocycles. The number of fused-ring (bicyclic) bond motifs is 1. The molecule has 150 valence electrons.